The van der Waals surface area contributed by atoms with E-state index in [1.165, 1.54) is 4.68 Å². The maximum Gasteiger partial charge on any atom is 0.314 e. The zero-order valence-electron chi connectivity index (χ0n) is 16.0. The van der Waals surface area contributed by atoms with Gasteiger partial charge < -0.3 is 4.74 Å². The van der Waals surface area contributed by atoms with Gasteiger partial charge in [-0.15, -0.1) is 0 Å². The fraction of sp³-hybridized carbons (Fsp3) is 0.238. The first-order valence-electron chi connectivity index (χ1n) is 9.07. The molecule has 1 heterocycles. The lowest BCUT2D eigenvalue weighted by Crippen LogP contribution is -2.24. The van der Waals surface area contributed by atoms with Crippen molar-refractivity contribution in [1.29, 1.82) is 0 Å². The Labute approximate surface area is 175 Å². The van der Waals surface area contributed by atoms with Crippen molar-refractivity contribution in [3.8, 4) is 22.6 Å². The summed E-state index contributed by atoms with van der Waals surface area (Å²) in [6.07, 6.45) is 1.57. The fourth-order valence-electron chi connectivity index (χ4n) is 2.76. The van der Waals surface area contributed by atoms with E-state index in [9.17, 15) is 13.2 Å². The molecule has 0 saturated heterocycles. The van der Waals surface area contributed by atoms with Gasteiger partial charge in [-0.25, -0.2) is 8.42 Å². The molecule has 152 valence electrons. The van der Waals surface area contributed by atoms with E-state index in [0.717, 1.165) is 5.56 Å². The predicted octanol–water partition coefficient (Wildman–Crippen LogP) is 3.70. The van der Waals surface area contributed by atoms with Gasteiger partial charge in [0.2, 0.25) is 0 Å². The molecule has 2 aromatic carbocycles. The summed E-state index contributed by atoms with van der Waals surface area (Å²) in [5.41, 5.74) is 2.09. The van der Waals surface area contributed by atoms with Crippen LogP contribution in [-0.2, 0) is 16.5 Å². The zero-order chi connectivity index (χ0) is 21.0. The predicted molar refractivity (Wildman–Crippen MR) is 115 cm³/mol. The van der Waals surface area contributed by atoms with Gasteiger partial charge in [-0.05, 0) is 35.2 Å². The molecule has 0 aliphatic carbocycles. The maximum absolute atomic E-state index is 13.2. The molecule has 1 aromatic heterocycles. The van der Waals surface area contributed by atoms with E-state index in [4.69, 9.17) is 16.3 Å². The third-order valence-corrected chi connectivity index (χ3v) is 4.98. The smallest absolute Gasteiger partial charge is 0.314 e. The van der Waals surface area contributed by atoms with Gasteiger partial charge in [-0.2, -0.15) is 9.78 Å². The van der Waals surface area contributed by atoms with Crippen molar-refractivity contribution in [2.24, 2.45) is 5.92 Å². The lowest BCUT2D eigenvalue weighted by Gasteiger charge is -2.15. The number of hydrogen-bond donors (Lipinski definition) is 1. The van der Waals surface area contributed by atoms with Crippen LogP contribution in [0.3, 0.4) is 0 Å². The number of thiol groups is 1. The molecule has 0 N–H and O–H groups in total. The van der Waals surface area contributed by atoms with E-state index < -0.39 is 16.3 Å². The summed E-state index contributed by atoms with van der Waals surface area (Å²) in [6, 6.07) is 13.8. The molecule has 0 saturated carbocycles. The molecule has 3 rings (SSSR count). The van der Waals surface area contributed by atoms with Crippen LogP contribution in [0, 0.1) is 5.92 Å². The molecule has 0 aliphatic heterocycles. The Hall–Kier alpha value is -2.64. The van der Waals surface area contributed by atoms with Gasteiger partial charge in [0.05, 0.1) is 24.2 Å². The number of nitrogens with zero attached hydrogens (tertiary/aromatic N) is 2. The number of ether oxygens (including phenoxy) is 1. The molecule has 0 atom stereocenters. The van der Waals surface area contributed by atoms with Crippen LogP contribution in [0.5, 0.6) is 5.75 Å². The van der Waals surface area contributed by atoms with Crippen LogP contribution < -0.4 is 10.3 Å². The summed E-state index contributed by atoms with van der Waals surface area (Å²) in [5.74, 6) is 0.392. The fourth-order valence-corrected chi connectivity index (χ4v) is 3.46. The minimum Gasteiger partial charge on any atom is -0.487 e. The van der Waals surface area contributed by atoms with Crippen molar-refractivity contribution >= 4 is 22.3 Å². The Kier molecular flexibility index (Phi) is 6.71. The van der Waals surface area contributed by atoms with E-state index in [2.05, 4.69) is 5.10 Å². The average molecular weight is 433 g/mol. The Morgan fingerprint density at radius 3 is 2.48 bits per heavy atom. The maximum atomic E-state index is 13.2. The van der Waals surface area contributed by atoms with E-state index in [1.807, 2.05) is 13.8 Å². The first-order valence-corrected chi connectivity index (χ1v) is 10.8. The molecule has 0 bridgehead atoms. The molecule has 6 nitrogen and oxygen atoms in total. The number of rotatable bonds is 7. The number of halogens is 1. The summed E-state index contributed by atoms with van der Waals surface area (Å²) >= 11 is 6.05. The second-order valence-corrected chi connectivity index (χ2v) is 8.39. The second kappa shape index (κ2) is 9.24. The van der Waals surface area contributed by atoms with Gasteiger partial charge in [0.25, 0.3) is 0 Å². The number of hydrogen-bond acceptors (Lipinski definition) is 5. The average Bonchev–Trinajstić information content (AvgIpc) is 2.67. The van der Waals surface area contributed by atoms with Crippen molar-refractivity contribution in [1.82, 2.24) is 9.78 Å². The minimum atomic E-state index is -2.50. The van der Waals surface area contributed by atoms with Crippen molar-refractivity contribution in [2.45, 2.75) is 19.6 Å². The Morgan fingerprint density at radius 1 is 1.14 bits per heavy atom. The van der Waals surface area contributed by atoms with Crippen LogP contribution in [0.15, 0.2) is 59.5 Å². The van der Waals surface area contributed by atoms with Crippen LogP contribution >= 0.6 is 11.6 Å². The standard InChI is InChI=1S/C21H21ClN2O4S/c1-14(2)12-28-20-19(16-8-6-15(7-9-16)13-29(26)27)11-23-24(21(20)25)18-5-3-4-17(22)10-18/h3-11,14,29H,12-13H2,1-2H3. The Morgan fingerprint density at radius 2 is 1.86 bits per heavy atom. The quantitative estimate of drug-likeness (QED) is 0.576. The van der Waals surface area contributed by atoms with E-state index in [1.54, 1.807) is 54.7 Å². The second-order valence-electron chi connectivity index (χ2n) is 6.98. The largest absolute Gasteiger partial charge is 0.487 e. The summed E-state index contributed by atoms with van der Waals surface area (Å²) in [5, 5.41) is 4.79. The number of benzene rings is 2. The van der Waals surface area contributed by atoms with Gasteiger partial charge in [-0.3, -0.25) is 4.79 Å². The molecular weight excluding hydrogens is 412 g/mol. The van der Waals surface area contributed by atoms with Gasteiger partial charge in [0.1, 0.15) is 10.7 Å². The van der Waals surface area contributed by atoms with Crippen LogP contribution in [0.4, 0.5) is 0 Å². The Bertz CT molecular complexity index is 1130. The molecule has 0 radical (unpaired) electrons. The normalized spacial score (nSPS) is 11.2. The molecule has 0 aliphatic rings. The molecule has 0 amide bonds. The van der Waals surface area contributed by atoms with Gasteiger partial charge >= 0.3 is 5.56 Å². The molecule has 0 unspecified atom stereocenters. The van der Waals surface area contributed by atoms with E-state index in [0.29, 0.717) is 28.4 Å². The molecular formula is C21H21ClN2O4S. The monoisotopic (exact) mass is 432 g/mol. The highest BCUT2D eigenvalue weighted by molar-refractivity contribution is 7.71. The van der Waals surface area contributed by atoms with E-state index >= 15 is 0 Å². The number of aromatic nitrogens is 2. The van der Waals surface area contributed by atoms with Crippen molar-refractivity contribution in [2.75, 3.05) is 6.61 Å². The molecule has 0 spiro atoms. The first-order chi connectivity index (χ1) is 13.8. The minimum absolute atomic E-state index is 0.0269. The highest BCUT2D eigenvalue weighted by Gasteiger charge is 2.16. The highest BCUT2D eigenvalue weighted by Crippen LogP contribution is 2.27. The summed E-state index contributed by atoms with van der Waals surface area (Å²) < 4.78 is 29.0. The van der Waals surface area contributed by atoms with Gasteiger partial charge in [0.15, 0.2) is 5.75 Å². The zero-order valence-corrected chi connectivity index (χ0v) is 17.7. The third kappa shape index (κ3) is 5.25. The van der Waals surface area contributed by atoms with Gasteiger partial charge in [-0.1, -0.05) is 55.8 Å². The van der Waals surface area contributed by atoms with Crippen LogP contribution in [0.25, 0.3) is 16.8 Å². The van der Waals surface area contributed by atoms with E-state index in [-0.39, 0.29) is 17.4 Å². The third-order valence-electron chi connectivity index (χ3n) is 4.12. The SMILES string of the molecule is CC(C)COc1c(-c2ccc(C[SH](=O)=O)cc2)cnn(-c2cccc(Cl)c2)c1=O. The molecule has 8 heteroatoms. The summed E-state index contributed by atoms with van der Waals surface area (Å²) in [6.45, 7) is 4.36. The topological polar surface area (TPSA) is 78.3 Å². The summed E-state index contributed by atoms with van der Waals surface area (Å²) in [7, 11) is -2.50. The highest BCUT2D eigenvalue weighted by atomic mass is 35.5. The van der Waals surface area contributed by atoms with Crippen LogP contribution in [0.2, 0.25) is 5.02 Å². The lowest BCUT2D eigenvalue weighted by molar-refractivity contribution is 0.267. The molecule has 29 heavy (non-hydrogen) atoms. The first kappa shape index (κ1) is 21.1. The van der Waals surface area contributed by atoms with Crippen molar-refractivity contribution in [3.63, 3.8) is 0 Å². The molecule has 0 fully saturated rings. The van der Waals surface area contributed by atoms with Crippen molar-refractivity contribution < 1.29 is 13.2 Å². The van der Waals surface area contributed by atoms with Crippen molar-refractivity contribution in [3.05, 3.63) is 75.7 Å². The van der Waals surface area contributed by atoms with Crippen LogP contribution in [0.1, 0.15) is 19.4 Å². The van der Waals surface area contributed by atoms with Gasteiger partial charge in [0, 0.05) is 10.6 Å². The molecule has 3 aromatic rings. The summed E-state index contributed by atoms with van der Waals surface area (Å²) in [4.78, 5) is 13.2. The van der Waals surface area contributed by atoms with Crippen LogP contribution in [-0.4, -0.2) is 24.8 Å². The lowest BCUT2D eigenvalue weighted by atomic mass is 10.1. The Balaban J connectivity index is 2.09.